The number of methoxy groups -OCH3 is 1. The van der Waals surface area contributed by atoms with E-state index in [1.54, 1.807) is 12.3 Å². The van der Waals surface area contributed by atoms with Crippen molar-refractivity contribution >= 4 is 23.7 Å². The monoisotopic (exact) mass is 520 g/mol. The van der Waals surface area contributed by atoms with Crippen molar-refractivity contribution < 1.29 is 42.9 Å². The zero-order chi connectivity index (χ0) is 26.9. The Hall–Kier alpha value is -3.88. The molecule has 1 aliphatic heterocycles. The van der Waals surface area contributed by atoms with Crippen LogP contribution in [0, 0.1) is 29.1 Å². The highest BCUT2D eigenvalue weighted by Crippen LogP contribution is 2.67. The van der Waals surface area contributed by atoms with Crippen LogP contribution in [0.15, 0.2) is 58.4 Å². The second kappa shape index (κ2) is 8.58. The van der Waals surface area contributed by atoms with Crippen LogP contribution in [0.4, 0.5) is 0 Å². The summed E-state index contributed by atoms with van der Waals surface area (Å²) in [6.45, 7) is 3.68. The largest absolute Gasteiger partial charge is 0.508 e. The lowest BCUT2D eigenvalue weighted by molar-refractivity contribution is -0.154. The third-order valence-corrected chi connectivity index (χ3v) is 9.12. The van der Waals surface area contributed by atoms with E-state index < -0.39 is 65.1 Å². The van der Waals surface area contributed by atoms with Crippen molar-refractivity contribution in [3.05, 3.63) is 65.1 Å². The van der Waals surface area contributed by atoms with E-state index in [0.29, 0.717) is 17.6 Å². The summed E-state index contributed by atoms with van der Waals surface area (Å²) in [5.41, 5.74) is 0.792. The molecule has 1 aromatic heterocycles. The molecule has 2 heterocycles. The zero-order valence-corrected chi connectivity index (χ0v) is 21.2. The summed E-state index contributed by atoms with van der Waals surface area (Å²) in [5.74, 6) is -4.60. The summed E-state index contributed by atoms with van der Waals surface area (Å²) in [6, 6.07) is 7.53. The lowest BCUT2D eigenvalue weighted by Crippen LogP contribution is -2.55. The molecule has 2 aromatic rings. The average molecular weight is 521 g/mol. The quantitative estimate of drug-likeness (QED) is 0.475. The molecule has 38 heavy (non-hydrogen) atoms. The number of benzene rings is 1. The Kier molecular flexibility index (Phi) is 5.52. The molecule has 9 nitrogen and oxygen atoms in total. The third kappa shape index (κ3) is 3.17. The van der Waals surface area contributed by atoms with Gasteiger partial charge in [-0.05, 0) is 54.3 Å². The molecule has 1 N–H and O–H groups in total. The van der Waals surface area contributed by atoms with E-state index in [0.717, 1.165) is 5.56 Å². The number of rotatable bonds is 4. The van der Waals surface area contributed by atoms with Gasteiger partial charge in [0.2, 0.25) is 0 Å². The average Bonchev–Trinajstić information content (AvgIpc) is 3.57. The fraction of sp³-hybridized carbons (Fsp3) is 0.448. The second-order valence-corrected chi connectivity index (χ2v) is 10.8. The first kappa shape index (κ1) is 24.5. The lowest BCUT2D eigenvalue weighted by Gasteiger charge is -2.48. The molecule has 8 atom stereocenters. The van der Waals surface area contributed by atoms with Crippen LogP contribution < -0.4 is 0 Å². The van der Waals surface area contributed by atoms with Crippen LogP contribution >= 0.6 is 0 Å². The Morgan fingerprint density at radius 1 is 1.11 bits per heavy atom. The molecule has 1 saturated heterocycles. The smallest absolute Gasteiger partial charge is 0.338 e. The van der Waals surface area contributed by atoms with Crippen molar-refractivity contribution in [1.82, 2.24) is 0 Å². The van der Waals surface area contributed by atoms with Gasteiger partial charge in [0.25, 0.3) is 0 Å². The molecule has 0 radical (unpaired) electrons. The Morgan fingerprint density at radius 3 is 2.50 bits per heavy atom. The number of ketones is 1. The number of hydrogen-bond acceptors (Lipinski definition) is 9. The van der Waals surface area contributed by atoms with E-state index in [-0.39, 0.29) is 23.5 Å². The van der Waals surface area contributed by atoms with Crippen LogP contribution in [-0.4, -0.2) is 48.1 Å². The van der Waals surface area contributed by atoms with E-state index in [2.05, 4.69) is 0 Å². The molecule has 3 aliphatic carbocycles. The van der Waals surface area contributed by atoms with Crippen molar-refractivity contribution in [3.63, 3.8) is 0 Å². The van der Waals surface area contributed by atoms with Crippen molar-refractivity contribution in [2.75, 3.05) is 7.11 Å². The molecule has 2 bridgehead atoms. The van der Waals surface area contributed by atoms with Crippen molar-refractivity contribution in [2.24, 2.45) is 29.1 Å². The van der Waals surface area contributed by atoms with E-state index in [4.69, 9.17) is 18.6 Å². The molecule has 0 spiro atoms. The minimum absolute atomic E-state index is 0.0334. The van der Waals surface area contributed by atoms with Gasteiger partial charge in [-0.3, -0.25) is 14.4 Å². The van der Waals surface area contributed by atoms with Gasteiger partial charge in [0, 0.05) is 29.2 Å². The number of phenolic OH excluding ortho intramolecular Hbond substituents is 1. The van der Waals surface area contributed by atoms with Gasteiger partial charge in [-0.15, -0.1) is 0 Å². The molecular formula is C29H28O9. The minimum Gasteiger partial charge on any atom is -0.508 e. The molecule has 6 rings (SSSR count). The van der Waals surface area contributed by atoms with Crippen molar-refractivity contribution in [3.8, 4) is 5.75 Å². The summed E-state index contributed by atoms with van der Waals surface area (Å²) in [5, 5.41) is 9.53. The standard InChI is InChI=1S/C29H28O9/c1-13-18(37-26(32)15-4-6-17(30)7-5-15)8-10-29-22(13)25(38-28(29)34)21(27(33)35-3)20-19(16-9-11-36-12-16)14(2)24(31)23(20)29/h4-7,9,11-14,18-19,21-22,25,30H,8,10H2,1-3H3/t13-,14-,18+,19+,21-,22+,25+,29+/m0/s1. The highest BCUT2D eigenvalue weighted by molar-refractivity contribution is 6.10. The van der Waals surface area contributed by atoms with Crippen LogP contribution in [0.2, 0.25) is 0 Å². The van der Waals surface area contributed by atoms with Gasteiger partial charge < -0.3 is 23.7 Å². The number of phenols is 1. The SMILES string of the molecule is COC(=O)[C@H]1C2=C(C(=O)[C@@H](C)[C@@H]2c2ccoc2)[C@@]23CC[C@@H](OC(=O)c4ccc(O)cc4)[C@H](C)[C@@H]2[C@@H]1OC3=O. The fourth-order valence-electron chi connectivity index (χ4n) is 7.50. The number of ether oxygens (including phenoxy) is 3. The van der Waals surface area contributed by atoms with E-state index in [1.807, 2.05) is 13.8 Å². The Balaban J connectivity index is 1.43. The fourth-order valence-corrected chi connectivity index (χ4v) is 7.50. The number of esters is 3. The zero-order valence-electron chi connectivity index (χ0n) is 21.2. The number of carbonyl (C=O) groups is 4. The normalized spacial score (nSPS) is 35.4. The summed E-state index contributed by atoms with van der Waals surface area (Å²) in [4.78, 5) is 53.8. The van der Waals surface area contributed by atoms with Gasteiger partial charge in [-0.1, -0.05) is 13.8 Å². The van der Waals surface area contributed by atoms with Gasteiger partial charge in [0.05, 0.1) is 25.2 Å². The number of hydrogen-bond donors (Lipinski definition) is 1. The molecule has 0 amide bonds. The topological polar surface area (TPSA) is 129 Å². The van der Waals surface area contributed by atoms with Gasteiger partial charge in [-0.2, -0.15) is 0 Å². The van der Waals surface area contributed by atoms with Gasteiger partial charge in [0.1, 0.15) is 29.3 Å². The third-order valence-electron chi connectivity index (χ3n) is 9.12. The van der Waals surface area contributed by atoms with Crippen LogP contribution in [0.3, 0.4) is 0 Å². The maximum absolute atomic E-state index is 13.9. The van der Waals surface area contributed by atoms with Gasteiger partial charge in [0.15, 0.2) is 5.78 Å². The Labute approximate surface area is 218 Å². The molecule has 4 aliphatic rings. The highest BCUT2D eigenvalue weighted by atomic mass is 16.6. The summed E-state index contributed by atoms with van der Waals surface area (Å²) < 4.78 is 22.3. The molecule has 1 aromatic carbocycles. The van der Waals surface area contributed by atoms with Crippen LogP contribution in [-0.2, 0) is 28.6 Å². The first-order valence-electron chi connectivity index (χ1n) is 12.8. The molecule has 0 unspecified atom stereocenters. The predicted octanol–water partition coefficient (Wildman–Crippen LogP) is 3.57. The highest BCUT2D eigenvalue weighted by Gasteiger charge is 2.73. The van der Waals surface area contributed by atoms with E-state index in [9.17, 15) is 24.3 Å². The first-order valence-corrected chi connectivity index (χ1v) is 12.8. The molecular weight excluding hydrogens is 492 g/mol. The van der Waals surface area contributed by atoms with Gasteiger partial charge in [-0.25, -0.2) is 4.79 Å². The summed E-state index contributed by atoms with van der Waals surface area (Å²) in [7, 11) is 1.28. The maximum Gasteiger partial charge on any atom is 0.338 e. The van der Waals surface area contributed by atoms with Crippen LogP contribution in [0.5, 0.6) is 5.75 Å². The maximum atomic E-state index is 13.9. The minimum atomic E-state index is -1.21. The number of furan rings is 1. The van der Waals surface area contributed by atoms with Crippen LogP contribution in [0.25, 0.3) is 0 Å². The molecule has 2 fully saturated rings. The molecule has 1 saturated carbocycles. The van der Waals surface area contributed by atoms with E-state index in [1.165, 1.54) is 37.6 Å². The number of carbonyl (C=O) groups excluding carboxylic acids is 4. The summed E-state index contributed by atoms with van der Waals surface area (Å²) >= 11 is 0. The second-order valence-electron chi connectivity index (χ2n) is 10.8. The predicted molar refractivity (Wildman–Crippen MR) is 130 cm³/mol. The van der Waals surface area contributed by atoms with Crippen molar-refractivity contribution in [1.29, 1.82) is 0 Å². The Bertz CT molecular complexity index is 1350. The van der Waals surface area contributed by atoms with Crippen LogP contribution in [0.1, 0.15) is 48.5 Å². The van der Waals surface area contributed by atoms with Gasteiger partial charge >= 0.3 is 17.9 Å². The Morgan fingerprint density at radius 2 is 1.84 bits per heavy atom. The van der Waals surface area contributed by atoms with E-state index >= 15 is 0 Å². The number of aromatic hydroxyl groups is 1. The lowest BCUT2D eigenvalue weighted by atomic mass is 9.52. The summed E-state index contributed by atoms with van der Waals surface area (Å²) in [6.07, 6.45) is 2.27. The first-order chi connectivity index (χ1) is 18.2. The molecule has 198 valence electrons. The van der Waals surface area contributed by atoms with Crippen molar-refractivity contribution in [2.45, 2.75) is 44.8 Å². The number of Topliss-reactive ketones (excluding diaryl/α,β-unsaturated/α-hetero) is 1. The molecule has 9 heteroatoms.